The van der Waals surface area contributed by atoms with E-state index in [-0.39, 0.29) is 35.8 Å². The number of para-hydroxylation sites is 1. The van der Waals surface area contributed by atoms with Crippen LogP contribution in [0.2, 0.25) is 0 Å². The van der Waals surface area contributed by atoms with Crippen molar-refractivity contribution in [1.82, 2.24) is 5.06 Å². The van der Waals surface area contributed by atoms with Crippen LogP contribution in [0, 0.1) is 5.92 Å². The maximum atomic E-state index is 12.2. The van der Waals surface area contributed by atoms with E-state index in [0.717, 1.165) is 11.3 Å². The number of carbonyl (C=O) groups is 4. The molecule has 0 saturated heterocycles. The van der Waals surface area contributed by atoms with Gasteiger partial charge in [-0.25, -0.2) is 4.79 Å². The maximum Gasteiger partial charge on any atom is 0.333 e. The van der Waals surface area contributed by atoms with E-state index in [2.05, 4.69) is 5.32 Å². The number of nitrogens with zero attached hydrogens (tertiary/aromatic N) is 1. The Labute approximate surface area is 154 Å². The van der Waals surface area contributed by atoms with Crippen LogP contribution >= 0.6 is 0 Å². The second-order valence-corrected chi connectivity index (χ2v) is 6.50. The number of carbonyl (C=O) groups excluding carboxylic acids is 4. The minimum absolute atomic E-state index is 0.0757. The fraction of sp³-hybridized carbons (Fsp3) is 0.200. The third-order valence-corrected chi connectivity index (χ3v) is 4.76. The normalized spacial score (nSPS) is 18.0. The summed E-state index contributed by atoms with van der Waals surface area (Å²) in [4.78, 5) is 53.7. The highest BCUT2D eigenvalue weighted by Gasteiger charge is 2.38. The van der Waals surface area contributed by atoms with Gasteiger partial charge in [-0.05, 0) is 36.6 Å². The van der Waals surface area contributed by atoms with Crippen LogP contribution < -0.4 is 5.32 Å². The van der Waals surface area contributed by atoms with Crippen molar-refractivity contribution in [1.29, 1.82) is 0 Å². The Bertz CT molecular complexity index is 933. The smallest absolute Gasteiger partial charge is 0.330 e. The van der Waals surface area contributed by atoms with Crippen molar-refractivity contribution >= 4 is 29.4 Å². The van der Waals surface area contributed by atoms with E-state index in [4.69, 9.17) is 4.84 Å². The van der Waals surface area contributed by atoms with Crippen LogP contribution in [0.5, 0.6) is 0 Å². The number of imide groups is 1. The van der Waals surface area contributed by atoms with Gasteiger partial charge in [0, 0.05) is 18.0 Å². The number of hydrogen-bond acceptors (Lipinski definition) is 5. The van der Waals surface area contributed by atoms with Crippen molar-refractivity contribution in [3.8, 4) is 0 Å². The van der Waals surface area contributed by atoms with Crippen LogP contribution in [0.3, 0.4) is 0 Å². The van der Waals surface area contributed by atoms with Crippen molar-refractivity contribution in [3.05, 3.63) is 65.2 Å². The maximum absolute atomic E-state index is 12.2. The lowest BCUT2D eigenvalue weighted by molar-refractivity contribution is -0.168. The van der Waals surface area contributed by atoms with E-state index < -0.39 is 17.8 Å². The third kappa shape index (κ3) is 3.08. The van der Waals surface area contributed by atoms with Gasteiger partial charge in [0.25, 0.3) is 11.8 Å². The SMILES string of the molecule is O=C(CCC1Cc2ccccc2NC1=O)ON1C(=O)c2ccccc2C1=O. The molecule has 0 spiro atoms. The Hall–Kier alpha value is -3.48. The van der Waals surface area contributed by atoms with Crippen LogP contribution in [0.15, 0.2) is 48.5 Å². The molecule has 0 saturated carbocycles. The molecule has 2 aliphatic heterocycles. The topological polar surface area (TPSA) is 92.8 Å². The summed E-state index contributed by atoms with van der Waals surface area (Å²) in [7, 11) is 0. The predicted molar refractivity (Wildman–Crippen MR) is 94.5 cm³/mol. The molecule has 0 bridgehead atoms. The number of hydroxylamine groups is 2. The zero-order chi connectivity index (χ0) is 19.0. The summed E-state index contributed by atoms with van der Waals surface area (Å²) in [5.41, 5.74) is 2.21. The van der Waals surface area contributed by atoms with Gasteiger partial charge in [0.1, 0.15) is 0 Å². The molecule has 7 heteroatoms. The lowest BCUT2D eigenvalue weighted by atomic mass is 9.90. The fourth-order valence-corrected chi connectivity index (χ4v) is 3.34. The molecule has 0 radical (unpaired) electrons. The fourth-order valence-electron chi connectivity index (χ4n) is 3.34. The van der Waals surface area contributed by atoms with E-state index in [1.165, 1.54) is 12.1 Å². The second kappa shape index (κ2) is 6.68. The van der Waals surface area contributed by atoms with Gasteiger partial charge in [-0.1, -0.05) is 35.4 Å². The first-order chi connectivity index (χ1) is 13.0. The Morgan fingerprint density at radius 2 is 1.63 bits per heavy atom. The molecule has 2 aromatic rings. The highest BCUT2D eigenvalue weighted by atomic mass is 16.7. The second-order valence-electron chi connectivity index (χ2n) is 6.50. The van der Waals surface area contributed by atoms with E-state index in [9.17, 15) is 19.2 Å². The molecule has 0 aromatic heterocycles. The van der Waals surface area contributed by atoms with E-state index in [1.54, 1.807) is 12.1 Å². The Morgan fingerprint density at radius 1 is 1.00 bits per heavy atom. The van der Waals surface area contributed by atoms with Crippen molar-refractivity contribution < 1.29 is 24.0 Å². The van der Waals surface area contributed by atoms with E-state index in [1.807, 2.05) is 24.3 Å². The number of rotatable bonds is 4. The van der Waals surface area contributed by atoms with Gasteiger partial charge in [-0.2, -0.15) is 0 Å². The molecule has 0 aliphatic carbocycles. The zero-order valence-corrected chi connectivity index (χ0v) is 14.3. The van der Waals surface area contributed by atoms with Crippen LogP contribution in [0.4, 0.5) is 5.69 Å². The minimum atomic E-state index is -0.726. The zero-order valence-electron chi connectivity index (χ0n) is 14.3. The van der Waals surface area contributed by atoms with Gasteiger partial charge in [0.15, 0.2) is 0 Å². The highest BCUT2D eigenvalue weighted by Crippen LogP contribution is 2.28. The number of fused-ring (bicyclic) bond motifs is 2. The van der Waals surface area contributed by atoms with E-state index in [0.29, 0.717) is 11.5 Å². The molecule has 3 amide bonds. The summed E-state index contributed by atoms with van der Waals surface area (Å²) >= 11 is 0. The molecule has 4 rings (SSSR count). The number of nitrogens with one attached hydrogen (secondary N) is 1. The predicted octanol–water partition coefficient (Wildman–Crippen LogP) is 2.33. The van der Waals surface area contributed by atoms with Gasteiger partial charge in [-0.3, -0.25) is 14.4 Å². The Balaban J connectivity index is 1.37. The molecule has 1 atom stereocenters. The molecule has 0 fully saturated rings. The summed E-state index contributed by atoms with van der Waals surface area (Å²) in [6, 6.07) is 13.8. The molecular formula is C20H16N2O5. The van der Waals surface area contributed by atoms with Gasteiger partial charge in [0.05, 0.1) is 11.1 Å². The van der Waals surface area contributed by atoms with Crippen molar-refractivity contribution in [3.63, 3.8) is 0 Å². The number of benzene rings is 2. The molecule has 1 unspecified atom stereocenters. The average Bonchev–Trinajstić information content (AvgIpc) is 2.91. The lowest BCUT2D eigenvalue weighted by Gasteiger charge is -2.24. The van der Waals surface area contributed by atoms with Gasteiger partial charge in [-0.15, -0.1) is 0 Å². The van der Waals surface area contributed by atoms with Crippen molar-refractivity contribution in [2.75, 3.05) is 5.32 Å². The van der Waals surface area contributed by atoms with Crippen molar-refractivity contribution in [2.45, 2.75) is 19.3 Å². The summed E-state index contributed by atoms with van der Waals surface area (Å²) in [6.45, 7) is 0. The standard InChI is InChI=1S/C20H16N2O5/c23-17(27-22-19(25)14-6-2-3-7-15(14)20(22)26)10-9-13-11-12-5-1-4-8-16(12)21-18(13)24/h1-8,13H,9-11H2,(H,21,24). The molecule has 2 heterocycles. The first kappa shape index (κ1) is 17.0. The van der Waals surface area contributed by atoms with Crippen molar-refractivity contribution in [2.24, 2.45) is 5.92 Å². The van der Waals surface area contributed by atoms with Gasteiger partial charge < -0.3 is 10.2 Å². The molecule has 27 heavy (non-hydrogen) atoms. The summed E-state index contributed by atoms with van der Waals surface area (Å²) < 4.78 is 0. The van der Waals surface area contributed by atoms with Crippen LogP contribution in [-0.2, 0) is 20.8 Å². The first-order valence-electron chi connectivity index (χ1n) is 8.62. The van der Waals surface area contributed by atoms with E-state index >= 15 is 0 Å². The highest BCUT2D eigenvalue weighted by molar-refractivity contribution is 6.20. The average molecular weight is 364 g/mol. The molecule has 2 aromatic carbocycles. The minimum Gasteiger partial charge on any atom is -0.330 e. The van der Waals surface area contributed by atoms with Gasteiger partial charge in [0.2, 0.25) is 5.91 Å². The number of hydrogen-bond donors (Lipinski definition) is 1. The Morgan fingerprint density at radius 3 is 2.33 bits per heavy atom. The molecular weight excluding hydrogens is 348 g/mol. The summed E-state index contributed by atoms with van der Waals surface area (Å²) in [5, 5.41) is 3.31. The molecule has 136 valence electrons. The molecule has 2 aliphatic rings. The quantitative estimate of drug-likeness (QED) is 0.841. The molecule has 7 nitrogen and oxygen atoms in total. The third-order valence-electron chi connectivity index (χ3n) is 4.76. The number of amides is 3. The number of anilines is 1. The van der Waals surface area contributed by atoms with Crippen LogP contribution in [0.25, 0.3) is 0 Å². The molecule has 1 N–H and O–H groups in total. The lowest BCUT2D eigenvalue weighted by Crippen LogP contribution is -2.34. The van der Waals surface area contributed by atoms with Gasteiger partial charge >= 0.3 is 5.97 Å². The Kier molecular flexibility index (Phi) is 4.19. The summed E-state index contributed by atoms with van der Waals surface area (Å²) in [6.07, 6.45) is 0.720. The monoisotopic (exact) mass is 364 g/mol. The van der Waals surface area contributed by atoms with Crippen LogP contribution in [0.1, 0.15) is 39.1 Å². The largest absolute Gasteiger partial charge is 0.333 e. The van der Waals surface area contributed by atoms with Crippen LogP contribution in [-0.4, -0.2) is 28.8 Å². The first-order valence-corrected chi connectivity index (χ1v) is 8.62. The summed E-state index contributed by atoms with van der Waals surface area (Å²) in [5.74, 6) is -2.56.